The van der Waals surface area contributed by atoms with Crippen LogP contribution < -0.4 is 5.32 Å². The van der Waals surface area contributed by atoms with E-state index in [1.165, 1.54) is 0 Å². The summed E-state index contributed by atoms with van der Waals surface area (Å²) in [6, 6.07) is 9.21. The fraction of sp³-hybridized carbons (Fsp3) is 0.550. The molecule has 0 bridgehead atoms. The summed E-state index contributed by atoms with van der Waals surface area (Å²) in [5, 5.41) is 11.9. The van der Waals surface area contributed by atoms with E-state index in [1.807, 2.05) is 30.3 Å². The molecule has 0 spiro atoms. The normalized spacial score (nSPS) is 12.1. The van der Waals surface area contributed by atoms with E-state index in [1.54, 1.807) is 20.8 Å². The molecular weight excluding hydrogens is 350 g/mol. The first-order valence-electron chi connectivity index (χ1n) is 9.06. The lowest BCUT2D eigenvalue weighted by Gasteiger charge is -2.19. The fourth-order valence-electron chi connectivity index (χ4n) is 2.33. The predicted octanol–water partition coefficient (Wildman–Crippen LogP) is 3.52. The highest BCUT2D eigenvalue weighted by Crippen LogP contribution is 2.15. The number of amides is 1. The van der Waals surface area contributed by atoms with Crippen LogP contribution in [0.3, 0.4) is 0 Å². The zero-order valence-corrected chi connectivity index (χ0v) is 16.2. The zero-order valence-electron chi connectivity index (χ0n) is 16.2. The molecule has 1 rings (SSSR count). The second-order valence-corrected chi connectivity index (χ2v) is 7.31. The smallest absolute Gasteiger partial charge is 0.407 e. The van der Waals surface area contributed by atoms with Crippen molar-refractivity contribution in [3.05, 3.63) is 35.9 Å². The second kappa shape index (κ2) is 11.2. The number of carboxylic acids is 1. The number of hydrogen-bond acceptors (Lipinski definition) is 5. The van der Waals surface area contributed by atoms with E-state index in [9.17, 15) is 19.5 Å². The molecule has 0 aliphatic carbocycles. The first-order chi connectivity index (χ1) is 12.7. The number of hydrogen-bond donors (Lipinski definition) is 2. The van der Waals surface area contributed by atoms with Crippen molar-refractivity contribution in [2.24, 2.45) is 5.92 Å². The number of benzene rings is 1. The van der Waals surface area contributed by atoms with E-state index in [-0.39, 0.29) is 13.0 Å². The molecule has 0 aliphatic heterocycles. The molecule has 0 radical (unpaired) electrons. The summed E-state index contributed by atoms with van der Waals surface area (Å²) in [6.45, 7) is 5.86. The van der Waals surface area contributed by atoms with Crippen LogP contribution >= 0.6 is 0 Å². The molecule has 7 nitrogen and oxygen atoms in total. The number of aliphatic carboxylic acids is 1. The Morgan fingerprint density at radius 1 is 1.11 bits per heavy atom. The molecule has 0 fully saturated rings. The van der Waals surface area contributed by atoms with Gasteiger partial charge in [0.1, 0.15) is 12.2 Å². The van der Waals surface area contributed by atoms with Crippen molar-refractivity contribution in [1.82, 2.24) is 5.32 Å². The van der Waals surface area contributed by atoms with Crippen LogP contribution in [0.1, 0.15) is 52.0 Å². The van der Waals surface area contributed by atoms with Gasteiger partial charge in [0.25, 0.3) is 0 Å². The summed E-state index contributed by atoms with van der Waals surface area (Å²) in [5.41, 5.74) is 0.296. The average molecular weight is 379 g/mol. The SMILES string of the molecule is CC(C)(C)OC(=O)NCCCC[C@@H](CC(=O)OCc1ccccc1)C(=O)O. The molecule has 1 aromatic carbocycles. The molecule has 1 aromatic rings. The molecule has 1 atom stereocenters. The molecule has 1 amide bonds. The number of carbonyl (C=O) groups is 3. The third kappa shape index (κ3) is 10.9. The van der Waals surface area contributed by atoms with Crippen LogP contribution in [0, 0.1) is 5.92 Å². The zero-order chi connectivity index (χ0) is 20.3. The maximum atomic E-state index is 11.9. The van der Waals surface area contributed by atoms with Crippen LogP contribution in [-0.2, 0) is 25.7 Å². The molecule has 2 N–H and O–H groups in total. The van der Waals surface area contributed by atoms with Gasteiger partial charge in [-0.1, -0.05) is 36.8 Å². The number of esters is 1. The van der Waals surface area contributed by atoms with Crippen LogP contribution in [0.25, 0.3) is 0 Å². The quantitative estimate of drug-likeness (QED) is 0.476. The molecule has 0 saturated heterocycles. The summed E-state index contributed by atoms with van der Waals surface area (Å²) in [6.07, 6.45) is 0.843. The van der Waals surface area contributed by atoms with E-state index in [2.05, 4.69) is 5.32 Å². The van der Waals surface area contributed by atoms with Gasteiger partial charge in [-0.25, -0.2) is 4.79 Å². The molecule has 0 aliphatic rings. The number of rotatable bonds is 10. The molecule has 27 heavy (non-hydrogen) atoms. The summed E-state index contributed by atoms with van der Waals surface area (Å²) < 4.78 is 10.3. The van der Waals surface area contributed by atoms with Gasteiger partial charge in [0.2, 0.25) is 0 Å². The van der Waals surface area contributed by atoms with Gasteiger partial charge in [-0.2, -0.15) is 0 Å². The van der Waals surface area contributed by atoms with Crippen molar-refractivity contribution in [3.63, 3.8) is 0 Å². The van der Waals surface area contributed by atoms with Gasteiger partial charge in [-0.15, -0.1) is 0 Å². The topological polar surface area (TPSA) is 102 Å². The van der Waals surface area contributed by atoms with Gasteiger partial charge in [0.05, 0.1) is 12.3 Å². The number of carboxylic acid groups (broad SMARTS) is 1. The minimum atomic E-state index is -1.02. The van der Waals surface area contributed by atoms with Gasteiger partial charge in [-0.05, 0) is 39.2 Å². The Kier molecular flexibility index (Phi) is 9.33. The van der Waals surface area contributed by atoms with Gasteiger partial charge in [-0.3, -0.25) is 9.59 Å². The lowest BCUT2D eigenvalue weighted by molar-refractivity contribution is -0.152. The Bertz CT molecular complexity index is 609. The van der Waals surface area contributed by atoms with Gasteiger partial charge >= 0.3 is 18.0 Å². The van der Waals surface area contributed by atoms with Gasteiger partial charge < -0.3 is 19.9 Å². The van der Waals surface area contributed by atoms with Gasteiger partial charge in [0.15, 0.2) is 0 Å². The monoisotopic (exact) mass is 379 g/mol. The molecule has 150 valence electrons. The van der Waals surface area contributed by atoms with Crippen LogP contribution in [0.5, 0.6) is 0 Å². The van der Waals surface area contributed by atoms with Gasteiger partial charge in [0, 0.05) is 6.54 Å². The Morgan fingerprint density at radius 3 is 2.37 bits per heavy atom. The van der Waals surface area contributed by atoms with Crippen molar-refractivity contribution >= 4 is 18.0 Å². The van der Waals surface area contributed by atoms with Crippen molar-refractivity contribution in [2.75, 3.05) is 6.54 Å². The van der Waals surface area contributed by atoms with Crippen molar-refractivity contribution in [1.29, 1.82) is 0 Å². The summed E-state index contributed by atoms with van der Waals surface area (Å²) in [4.78, 5) is 34.7. The Balaban J connectivity index is 2.26. The van der Waals surface area contributed by atoms with E-state index in [0.29, 0.717) is 25.8 Å². The predicted molar refractivity (Wildman–Crippen MR) is 100 cm³/mol. The third-order valence-electron chi connectivity index (χ3n) is 3.65. The Hall–Kier alpha value is -2.57. The first-order valence-corrected chi connectivity index (χ1v) is 9.06. The van der Waals surface area contributed by atoms with Crippen LogP contribution in [0.2, 0.25) is 0 Å². The summed E-state index contributed by atoms with van der Waals surface area (Å²) >= 11 is 0. The maximum absolute atomic E-state index is 11.9. The Morgan fingerprint density at radius 2 is 1.78 bits per heavy atom. The van der Waals surface area contributed by atoms with E-state index >= 15 is 0 Å². The highest BCUT2D eigenvalue weighted by Gasteiger charge is 2.22. The third-order valence-corrected chi connectivity index (χ3v) is 3.65. The lowest BCUT2D eigenvalue weighted by atomic mass is 9.98. The molecule has 0 heterocycles. The number of carbonyl (C=O) groups excluding carboxylic acids is 2. The molecule has 0 aromatic heterocycles. The molecule has 7 heteroatoms. The van der Waals surface area contributed by atoms with Crippen LogP contribution in [0.4, 0.5) is 4.79 Å². The van der Waals surface area contributed by atoms with Crippen LogP contribution in [0.15, 0.2) is 30.3 Å². The van der Waals surface area contributed by atoms with Crippen molar-refractivity contribution in [3.8, 4) is 0 Å². The van der Waals surface area contributed by atoms with E-state index in [0.717, 1.165) is 5.56 Å². The summed E-state index contributed by atoms with van der Waals surface area (Å²) in [7, 11) is 0. The van der Waals surface area contributed by atoms with E-state index in [4.69, 9.17) is 9.47 Å². The average Bonchev–Trinajstić information content (AvgIpc) is 2.57. The number of nitrogens with one attached hydrogen (secondary N) is 1. The minimum absolute atomic E-state index is 0.131. The number of unbranched alkanes of at least 4 members (excludes halogenated alkanes) is 1. The standard InChI is InChI=1S/C20H29NO6/c1-20(2,3)27-19(25)21-12-8-7-11-16(18(23)24)13-17(22)26-14-15-9-5-4-6-10-15/h4-6,9-10,16H,7-8,11-14H2,1-3H3,(H,21,25)(H,23,24)/t16-/m0/s1. The second-order valence-electron chi connectivity index (χ2n) is 7.31. The Labute approximate surface area is 160 Å². The lowest BCUT2D eigenvalue weighted by Crippen LogP contribution is -2.33. The molecule has 0 unspecified atom stereocenters. The highest BCUT2D eigenvalue weighted by molar-refractivity contribution is 5.78. The summed E-state index contributed by atoms with van der Waals surface area (Å²) in [5.74, 6) is -2.35. The van der Waals surface area contributed by atoms with Crippen LogP contribution in [-0.4, -0.2) is 35.3 Å². The molecular formula is C20H29NO6. The largest absolute Gasteiger partial charge is 0.481 e. The maximum Gasteiger partial charge on any atom is 0.407 e. The first kappa shape index (κ1) is 22.5. The number of alkyl carbamates (subject to hydrolysis) is 1. The minimum Gasteiger partial charge on any atom is -0.481 e. The number of ether oxygens (including phenoxy) is 2. The van der Waals surface area contributed by atoms with E-state index < -0.39 is 29.6 Å². The highest BCUT2D eigenvalue weighted by atomic mass is 16.6. The molecule has 0 saturated carbocycles. The fourth-order valence-corrected chi connectivity index (χ4v) is 2.33. The van der Waals surface area contributed by atoms with Crippen molar-refractivity contribution < 1.29 is 29.0 Å². The van der Waals surface area contributed by atoms with Crippen molar-refractivity contribution in [2.45, 2.75) is 58.7 Å².